The lowest BCUT2D eigenvalue weighted by Crippen LogP contribution is -2.11. The number of benzene rings is 1. The minimum Gasteiger partial charge on any atom is -0.497 e. The SMILES string of the molecule is COC(=O)Nc1nc2cc(S)cnc2[nH]1.COc1ccccc1. The van der Waals surface area contributed by atoms with E-state index in [-0.39, 0.29) is 0 Å². The van der Waals surface area contributed by atoms with Gasteiger partial charge in [0.2, 0.25) is 5.95 Å². The fourth-order valence-electron chi connectivity index (χ4n) is 1.65. The number of carbonyl (C=O) groups excluding carboxylic acids is 1. The molecule has 2 aromatic heterocycles. The van der Waals surface area contributed by atoms with Crippen LogP contribution in [0.4, 0.5) is 10.7 Å². The molecule has 0 radical (unpaired) electrons. The highest BCUT2D eigenvalue weighted by Crippen LogP contribution is 2.15. The third kappa shape index (κ3) is 4.89. The largest absolute Gasteiger partial charge is 0.497 e. The number of ether oxygens (including phenoxy) is 2. The van der Waals surface area contributed by atoms with Crippen LogP contribution in [0.15, 0.2) is 47.5 Å². The monoisotopic (exact) mass is 332 g/mol. The van der Waals surface area contributed by atoms with Crippen molar-refractivity contribution in [3.8, 4) is 5.75 Å². The summed E-state index contributed by atoms with van der Waals surface area (Å²) in [6, 6.07) is 11.4. The van der Waals surface area contributed by atoms with Gasteiger partial charge < -0.3 is 14.5 Å². The first-order chi connectivity index (χ1) is 11.1. The number of methoxy groups -OCH3 is 2. The highest BCUT2D eigenvalue weighted by molar-refractivity contribution is 7.80. The molecule has 120 valence electrons. The number of para-hydroxylation sites is 1. The number of imidazole rings is 1. The third-order valence-electron chi connectivity index (χ3n) is 2.71. The van der Waals surface area contributed by atoms with E-state index >= 15 is 0 Å². The molecule has 0 atom stereocenters. The molecule has 23 heavy (non-hydrogen) atoms. The summed E-state index contributed by atoms with van der Waals surface area (Å²) in [6.07, 6.45) is 1.01. The van der Waals surface area contributed by atoms with Gasteiger partial charge in [0.1, 0.15) is 11.3 Å². The van der Waals surface area contributed by atoms with E-state index in [0.717, 1.165) is 5.75 Å². The summed E-state index contributed by atoms with van der Waals surface area (Å²) in [5, 5.41) is 2.41. The number of fused-ring (bicyclic) bond motifs is 1. The number of rotatable bonds is 2. The lowest BCUT2D eigenvalue weighted by Gasteiger charge is -1.96. The molecular weight excluding hydrogens is 316 g/mol. The molecule has 0 aliphatic heterocycles. The molecule has 2 heterocycles. The highest BCUT2D eigenvalue weighted by Gasteiger charge is 2.07. The lowest BCUT2D eigenvalue weighted by molar-refractivity contribution is 0.186. The predicted molar refractivity (Wildman–Crippen MR) is 90.2 cm³/mol. The first-order valence-electron chi connectivity index (χ1n) is 6.61. The highest BCUT2D eigenvalue weighted by atomic mass is 32.1. The lowest BCUT2D eigenvalue weighted by atomic mass is 10.3. The van der Waals surface area contributed by atoms with Crippen molar-refractivity contribution in [1.82, 2.24) is 15.0 Å². The fraction of sp³-hybridized carbons (Fsp3) is 0.133. The van der Waals surface area contributed by atoms with Gasteiger partial charge in [0.15, 0.2) is 5.65 Å². The Kier molecular flexibility index (Phi) is 5.81. The predicted octanol–water partition coefficient (Wildman–Crippen LogP) is 3.12. The van der Waals surface area contributed by atoms with Crippen LogP contribution in [0.2, 0.25) is 0 Å². The van der Waals surface area contributed by atoms with Crippen LogP contribution < -0.4 is 10.1 Å². The molecule has 7 nitrogen and oxygen atoms in total. The second kappa shape index (κ2) is 8.04. The minimum absolute atomic E-state index is 0.295. The summed E-state index contributed by atoms with van der Waals surface area (Å²) in [6.45, 7) is 0. The average molecular weight is 332 g/mol. The van der Waals surface area contributed by atoms with Crippen LogP contribution in [-0.2, 0) is 4.74 Å². The van der Waals surface area contributed by atoms with Gasteiger partial charge >= 0.3 is 6.09 Å². The smallest absolute Gasteiger partial charge is 0.413 e. The number of aromatic amines is 1. The summed E-state index contributed by atoms with van der Waals surface area (Å²) in [4.78, 5) is 22.6. The molecular formula is C15H16N4O3S. The molecule has 0 saturated heterocycles. The van der Waals surface area contributed by atoms with Crippen LogP contribution in [0.3, 0.4) is 0 Å². The Hall–Kier alpha value is -2.74. The number of hydrogen-bond acceptors (Lipinski definition) is 6. The molecule has 0 unspecified atom stereocenters. The van der Waals surface area contributed by atoms with Crippen LogP contribution in [0.1, 0.15) is 0 Å². The summed E-state index contributed by atoms with van der Waals surface area (Å²) in [5.41, 5.74) is 1.22. The van der Waals surface area contributed by atoms with Gasteiger partial charge in [-0.2, -0.15) is 0 Å². The van der Waals surface area contributed by atoms with E-state index in [9.17, 15) is 4.79 Å². The van der Waals surface area contributed by atoms with E-state index < -0.39 is 6.09 Å². The Labute approximate surface area is 138 Å². The maximum atomic E-state index is 10.9. The number of pyridine rings is 1. The van der Waals surface area contributed by atoms with E-state index in [4.69, 9.17) is 4.74 Å². The van der Waals surface area contributed by atoms with Crippen LogP contribution in [-0.4, -0.2) is 35.3 Å². The van der Waals surface area contributed by atoms with Gasteiger partial charge in [0.05, 0.1) is 14.2 Å². The zero-order valence-corrected chi connectivity index (χ0v) is 13.5. The number of hydrogen-bond donors (Lipinski definition) is 3. The summed E-state index contributed by atoms with van der Waals surface area (Å²) in [7, 11) is 2.94. The summed E-state index contributed by atoms with van der Waals surface area (Å²) in [5.74, 6) is 1.20. The molecule has 0 fully saturated rings. The second-order valence-electron chi connectivity index (χ2n) is 4.28. The maximum Gasteiger partial charge on any atom is 0.413 e. The summed E-state index contributed by atoms with van der Waals surface area (Å²) >= 11 is 4.13. The first-order valence-corrected chi connectivity index (χ1v) is 7.06. The van der Waals surface area contributed by atoms with Gasteiger partial charge in [-0.05, 0) is 18.2 Å². The first kappa shape index (κ1) is 16.6. The average Bonchev–Trinajstić information content (AvgIpc) is 2.97. The Morgan fingerprint density at radius 3 is 2.61 bits per heavy atom. The van der Waals surface area contributed by atoms with Gasteiger partial charge in [-0.25, -0.2) is 14.8 Å². The molecule has 1 amide bonds. The van der Waals surface area contributed by atoms with Crippen molar-refractivity contribution in [2.45, 2.75) is 4.90 Å². The van der Waals surface area contributed by atoms with Crippen molar-refractivity contribution in [3.63, 3.8) is 0 Å². The van der Waals surface area contributed by atoms with Gasteiger partial charge in [0, 0.05) is 11.1 Å². The van der Waals surface area contributed by atoms with Crippen LogP contribution in [0.5, 0.6) is 5.75 Å². The Morgan fingerprint density at radius 2 is 2.00 bits per heavy atom. The number of thiol groups is 1. The molecule has 8 heteroatoms. The fourth-order valence-corrected chi connectivity index (χ4v) is 1.83. The number of nitrogens with zero attached hydrogens (tertiary/aromatic N) is 2. The van der Waals surface area contributed by atoms with Gasteiger partial charge in [-0.1, -0.05) is 18.2 Å². The number of anilines is 1. The van der Waals surface area contributed by atoms with E-state index in [1.165, 1.54) is 7.11 Å². The zero-order valence-electron chi connectivity index (χ0n) is 12.6. The van der Waals surface area contributed by atoms with E-state index in [2.05, 4.69) is 37.6 Å². The molecule has 3 rings (SSSR count). The molecule has 1 aromatic carbocycles. The van der Waals surface area contributed by atoms with Crippen LogP contribution in [0.25, 0.3) is 11.2 Å². The van der Waals surface area contributed by atoms with Crippen molar-refractivity contribution in [1.29, 1.82) is 0 Å². The molecule has 0 aliphatic rings. The molecule has 0 spiro atoms. The van der Waals surface area contributed by atoms with E-state index in [1.807, 2.05) is 30.3 Å². The van der Waals surface area contributed by atoms with Crippen molar-refractivity contribution >= 4 is 35.8 Å². The van der Waals surface area contributed by atoms with Crippen molar-refractivity contribution in [2.75, 3.05) is 19.5 Å². The molecule has 2 N–H and O–H groups in total. The third-order valence-corrected chi connectivity index (χ3v) is 2.95. The van der Waals surface area contributed by atoms with Gasteiger partial charge in [-0.15, -0.1) is 12.6 Å². The number of carbonyl (C=O) groups is 1. The van der Waals surface area contributed by atoms with Gasteiger partial charge in [0.25, 0.3) is 0 Å². The number of amides is 1. The number of H-pyrrole nitrogens is 1. The minimum atomic E-state index is -0.583. The molecule has 3 aromatic rings. The Morgan fingerprint density at radius 1 is 1.26 bits per heavy atom. The second-order valence-corrected chi connectivity index (χ2v) is 4.80. The quantitative estimate of drug-likeness (QED) is 0.627. The maximum absolute atomic E-state index is 10.9. The molecule has 0 aliphatic carbocycles. The van der Waals surface area contributed by atoms with E-state index in [0.29, 0.717) is 22.0 Å². The molecule has 0 saturated carbocycles. The summed E-state index contributed by atoms with van der Waals surface area (Å²) < 4.78 is 9.34. The number of aromatic nitrogens is 3. The van der Waals surface area contributed by atoms with E-state index in [1.54, 1.807) is 19.4 Å². The van der Waals surface area contributed by atoms with Crippen molar-refractivity contribution < 1.29 is 14.3 Å². The Balaban J connectivity index is 0.000000203. The molecule has 0 bridgehead atoms. The zero-order chi connectivity index (χ0) is 16.7. The van der Waals surface area contributed by atoms with Crippen molar-refractivity contribution in [2.24, 2.45) is 0 Å². The van der Waals surface area contributed by atoms with Crippen molar-refractivity contribution in [3.05, 3.63) is 42.6 Å². The van der Waals surface area contributed by atoms with Crippen LogP contribution in [0, 0.1) is 0 Å². The standard InChI is InChI=1S/C8H8N4O2S.C7H8O/c1-14-8(13)12-7-10-5-2-4(15)3-9-6(5)11-7;1-8-7-5-3-2-4-6-7/h2-3,15H,1H3,(H2,9,10,11,12,13);2-6H,1H3. The Bertz CT molecular complexity index is 777. The van der Waals surface area contributed by atoms with Gasteiger partial charge in [-0.3, -0.25) is 5.32 Å². The van der Waals surface area contributed by atoms with Crippen LogP contribution >= 0.6 is 12.6 Å². The topological polar surface area (TPSA) is 89.1 Å². The normalized spacial score (nSPS) is 9.70. The number of nitrogens with one attached hydrogen (secondary N) is 2.